The third-order valence-corrected chi connectivity index (χ3v) is 5.18. The lowest BCUT2D eigenvalue weighted by Gasteiger charge is -2.37. The number of hydrogen-bond donors (Lipinski definition) is 1. The first-order valence-electron chi connectivity index (χ1n) is 6.81. The monoisotopic (exact) mass is 308 g/mol. The van der Waals surface area contributed by atoms with E-state index in [1.807, 2.05) is 20.2 Å². The van der Waals surface area contributed by atoms with Crippen LogP contribution in [0.15, 0.2) is 29.2 Å². The molecule has 1 aliphatic rings. The molecule has 0 aromatic heterocycles. The summed E-state index contributed by atoms with van der Waals surface area (Å²) in [6, 6.07) is 8.15. The highest BCUT2D eigenvalue weighted by molar-refractivity contribution is 7.89. The fourth-order valence-electron chi connectivity index (χ4n) is 2.34. The van der Waals surface area contributed by atoms with E-state index in [2.05, 4.69) is 14.5 Å². The van der Waals surface area contributed by atoms with E-state index in [1.54, 1.807) is 12.1 Å². The van der Waals surface area contributed by atoms with Crippen LogP contribution in [0.5, 0.6) is 0 Å². The Hall–Kier alpha value is -1.46. The molecule has 1 aromatic carbocycles. The second kappa shape index (κ2) is 6.54. The van der Waals surface area contributed by atoms with Crippen LogP contribution in [0.1, 0.15) is 5.56 Å². The molecule has 1 unspecified atom stereocenters. The number of benzene rings is 1. The molecule has 0 aliphatic carbocycles. The molecule has 0 amide bonds. The number of rotatable bonds is 4. The van der Waals surface area contributed by atoms with Gasteiger partial charge in [-0.25, -0.2) is 13.1 Å². The summed E-state index contributed by atoms with van der Waals surface area (Å²) in [6.45, 7) is 3.11. The molecule has 0 saturated carbocycles. The highest BCUT2D eigenvalue weighted by Crippen LogP contribution is 2.12. The van der Waals surface area contributed by atoms with Gasteiger partial charge in [-0.1, -0.05) is 6.07 Å². The van der Waals surface area contributed by atoms with E-state index < -0.39 is 10.0 Å². The summed E-state index contributed by atoms with van der Waals surface area (Å²) >= 11 is 0. The van der Waals surface area contributed by atoms with Gasteiger partial charge in [-0.15, -0.1) is 0 Å². The van der Waals surface area contributed by atoms with Gasteiger partial charge in [-0.3, -0.25) is 4.90 Å². The molecule has 0 spiro atoms. The van der Waals surface area contributed by atoms with Crippen LogP contribution in [0.2, 0.25) is 0 Å². The van der Waals surface area contributed by atoms with Gasteiger partial charge in [0.2, 0.25) is 10.0 Å². The summed E-state index contributed by atoms with van der Waals surface area (Å²) in [6.07, 6.45) is 0. The zero-order valence-electron chi connectivity index (χ0n) is 12.3. The van der Waals surface area contributed by atoms with Crippen molar-refractivity contribution in [2.24, 2.45) is 0 Å². The first kappa shape index (κ1) is 15.9. The lowest BCUT2D eigenvalue weighted by molar-refractivity contribution is 0.117. The minimum atomic E-state index is -3.58. The molecule has 0 bridgehead atoms. The van der Waals surface area contributed by atoms with E-state index in [9.17, 15) is 8.42 Å². The SMILES string of the molecule is CN1CCN(C)C(CNS(=O)(=O)c2cccc(C#N)c2)C1. The molecule has 1 aliphatic heterocycles. The Morgan fingerprint density at radius 2 is 2.14 bits per heavy atom. The summed E-state index contributed by atoms with van der Waals surface area (Å²) in [4.78, 5) is 4.48. The van der Waals surface area contributed by atoms with Crippen molar-refractivity contribution in [3.05, 3.63) is 29.8 Å². The van der Waals surface area contributed by atoms with E-state index in [4.69, 9.17) is 5.26 Å². The zero-order chi connectivity index (χ0) is 15.5. The average Bonchev–Trinajstić information content (AvgIpc) is 2.48. The molecular weight excluding hydrogens is 288 g/mol. The van der Waals surface area contributed by atoms with E-state index >= 15 is 0 Å². The molecule has 7 heteroatoms. The van der Waals surface area contributed by atoms with Crippen molar-refractivity contribution in [1.82, 2.24) is 14.5 Å². The number of nitrogens with one attached hydrogen (secondary N) is 1. The Balaban J connectivity index is 2.05. The second-order valence-corrected chi connectivity index (χ2v) is 7.16. The predicted molar refractivity (Wildman–Crippen MR) is 80.3 cm³/mol. The van der Waals surface area contributed by atoms with E-state index in [0.29, 0.717) is 12.1 Å². The van der Waals surface area contributed by atoms with Gasteiger partial charge in [0.15, 0.2) is 0 Å². The number of nitriles is 1. The molecule has 0 radical (unpaired) electrons. The molecule has 1 N–H and O–H groups in total. The summed E-state index contributed by atoms with van der Waals surface area (Å²) < 4.78 is 27.2. The Labute approximate surface area is 126 Å². The minimum Gasteiger partial charge on any atom is -0.303 e. The Morgan fingerprint density at radius 1 is 1.38 bits per heavy atom. The summed E-state index contributed by atoms with van der Waals surface area (Å²) in [5, 5.41) is 8.85. The number of hydrogen-bond acceptors (Lipinski definition) is 5. The minimum absolute atomic E-state index is 0.133. The van der Waals surface area contributed by atoms with Crippen LogP contribution < -0.4 is 4.72 Å². The van der Waals surface area contributed by atoms with Gasteiger partial charge in [-0.2, -0.15) is 5.26 Å². The largest absolute Gasteiger partial charge is 0.303 e. The van der Waals surface area contributed by atoms with E-state index in [-0.39, 0.29) is 10.9 Å². The van der Waals surface area contributed by atoms with Crippen LogP contribution in [-0.4, -0.2) is 64.5 Å². The van der Waals surface area contributed by atoms with Crippen molar-refractivity contribution in [3.63, 3.8) is 0 Å². The molecular formula is C14H20N4O2S. The van der Waals surface area contributed by atoms with Gasteiger partial charge in [0.05, 0.1) is 16.5 Å². The maximum atomic E-state index is 12.3. The van der Waals surface area contributed by atoms with Crippen molar-refractivity contribution in [1.29, 1.82) is 5.26 Å². The van der Waals surface area contributed by atoms with E-state index in [1.165, 1.54) is 12.1 Å². The van der Waals surface area contributed by atoms with Crippen molar-refractivity contribution in [2.45, 2.75) is 10.9 Å². The quantitative estimate of drug-likeness (QED) is 0.852. The van der Waals surface area contributed by atoms with Crippen molar-refractivity contribution in [3.8, 4) is 6.07 Å². The van der Waals surface area contributed by atoms with Gasteiger partial charge >= 0.3 is 0 Å². The zero-order valence-corrected chi connectivity index (χ0v) is 13.1. The third-order valence-electron chi connectivity index (χ3n) is 3.76. The molecule has 114 valence electrons. The summed E-state index contributed by atoms with van der Waals surface area (Å²) in [5.41, 5.74) is 0.340. The van der Waals surface area contributed by atoms with E-state index in [0.717, 1.165) is 19.6 Å². The first-order chi connectivity index (χ1) is 9.92. The fraction of sp³-hybridized carbons (Fsp3) is 0.500. The lowest BCUT2D eigenvalue weighted by atomic mass is 10.2. The van der Waals surface area contributed by atoms with Crippen molar-refractivity contribution >= 4 is 10.0 Å². The molecule has 1 saturated heterocycles. The van der Waals surface area contributed by atoms with Crippen molar-refractivity contribution in [2.75, 3.05) is 40.3 Å². The number of likely N-dealkylation sites (N-methyl/N-ethyl adjacent to an activating group) is 2. The van der Waals surface area contributed by atoms with Crippen LogP contribution in [0.25, 0.3) is 0 Å². The maximum Gasteiger partial charge on any atom is 0.240 e. The summed E-state index contributed by atoms with van der Waals surface area (Å²) in [7, 11) is 0.455. The number of nitrogens with zero attached hydrogens (tertiary/aromatic N) is 3. The third kappa shape index (κ3) is 4.02. The van der Waals surface area contributed by atoms with Gasteiger partial charge in [-0.05, 0) is 32.3 Å². The molecule has 1 heterocycles. The van der Waals surface area contributed by atoms with Gasteiger partial charge < -0.3 is 4.90 Å². The lowest BCUT2D eigenvalue weighted by Crippen LogP contribution is -2.54. The van der Waals surface area contributed by atoms with Gasteiger partial charge in [0, 0.05) is 32.2 Å². The van der Waals surface area contributed by atoms with Crippen LogP contribution >= 0.6 is 0 Å². The highest BCUT2D eigenvalue weighted by Gasteiger charge is 2.24. The Morgan fingerprint density at radius 3 is 2.86 bits per heavy atom. The predicted octanol–water partition coefficient (Wildman–Crippen LogP) is 0.0824. The summed E-state index contributed by atoms with van der Waals surface area (Å²) in [5.74, 6) is 0. The number of sulfonamides is 1. The van der Waals surface area contributed by atoms with Crippen LogP contribution in [0.3, 0.4) is 0 Å². The van der Waals surface area contributed by atoms with Crippen LogP contribution in [0, 0.1) is 11.3 Å². The molecule has 6 nitrogen and oxygen atoms in total. The maximum absolute atomic E-state index is 12.3. The van der Waals surface area contributed by atoms with Crippen molar-refractivity contribution < 1.29 is 8.42 Å². The molecule has 1 aromatic rings. The first-order valence-corrected chi connectivity index (χ1v) is 8.29. The Bertz CT molecular complexity index is 639. The second-order valence-electron chi connectivity index (χ2n) is 5.39. The molecule has 2 rings (SSSR count). The molecule has 1 fully saturated rings. The fourth-order valence-corrected chi connectivity index (χ4v) is 3.46. The molecule has 21 heavy (non-hydrogen) atoms. The number of piperazine rings is 1. The van der Waals surface area contributed by atoms with Gasteiger partial charge in [0.1, 0.15) is 0 Å². The standard InChI is InChI=1S/C14H20N4O2S/c1-17-6-7-18(2)13(11-17)10-16-21(19,20)14-5-3-4-12(8-14)9-15/h3-5,8,13,16H,6-7,10-11H2,1-2H3. The van der Waals surface area contributed by atoms with Gasteiger partial charge in [0.25, 0.3) is 0 Å². The smallest absolute Gasteiger partial charge is 0.240 e. The normalized spacial score (nSPS) is 21.1. The van der Waals surface area contributed by atoms with Crippen LogP contribution in [-0.2, 0) is 10.0 Å². The highest BCUT2D eigenvalue weighted by atomic mass is 32.2. The van der Waals surface area contributed by atoms with Crippen LogP contribution in [0.4, 0.5) is 0 Å². The average molecular weight is 308 g/mol. The molecule has 1 atom stereocenters. The topological polar surface area (TPSA) is 76.4 Å². The Kier molecular flexibility index (Phi) is 4.96.